The normalized spacial score (nSPS) is 11.0. The van der Waals surface area contributed by atoms with E-state index in [4.69, 9.17) is 9.72 Å². The number of carbonyl (C=O) groups is 1. The lowest BCUT2D eigenvalue weighted by Gasteiger charge is -2.19. The quantitative estimate of drug-likeness (QED) is 0.272. The van der Waals surface area contributed by atoms with Crippen molar-refractivity contribution in [3.63, 3.8) is 0 Å². The van der Waals surface area contributed by atoms with E-state index in [-0.39, 0.29) is 29.5 Å². The van der Waals surface area contributed by atoms with Gasteiger partial charge < -0.3 is 9.64 Å². The summed E-state index contributed by atoms with van der Waals surface area (Å²) in [6, 6.07) is 17.7. The van der Waals surface area contributed by atoms with Crippen LogP contribution in [-0.2, 0) is 11.3 Å². The van der Waals surface area contributed by atoms with E-state index in [1.807, 2.05) is 44.2 Å². The molecule has 0 bridgehead atoms. The molecule has 1 aromatic heterocycles. The lowest BCUT2D eigenvalue weighted by molar-refractivity contribution is -0.127. The summed E-state index contributed by atoms with van der Waals surface area (Å²) >= 11 is 1.21. The average molecular weight is 492 g/mol. The van der Waals surface area contributed by atoms with Crippen molar-refractivity contribution < 1.29 is 13.9 Å². The van der Waals surface area contributed by atoms with Gasteiger partial charge in [-0.25, -0.2) is 9.37 Å². The van der Waals surface area contributed by atoms with Crippen molar-refractivity contribution in [1.82, 2.24) is 14.5 Å². The predicted octanol–water partition coefficient (Wildman–Crippen LogP) is 4.90. The van der Waals surface area contributed by atoms with Crippen LogP contribution in [0.25, 0.3) is 16.6 Å². The summed E-state index contributed by atoms with van der Waals surface area (Å²) < 4.78 is 20.6. The molecular formula is C27H26FN3O3S. The molecule has 0 saturated carbocycles. The number of aromatic nitrogens is 2. The van der Waals surface area contributed by atoms with Gasteiger partial charge in [-0.1, -0.05) is 42.1 Å². The van der Waals surface area contributed by atoms with Gasteiger partial charge in [0, 0.05) is 13.6 Å². The lowest BCUT2D eigenvalue weighted by Crippen LogP contribution is -2.28. The highest BCUT2D eigenvalue weighted by atomic mass is 32.2. The maximum atomic E-state index is 14.0. The fourth-order valence-electron chi connectivity index (χ4n) is 3.79. The fraction of sp³-hybridized carbons (Fsp3) is 0.222. The molecule has 0 fully saturated rings. The highest BCUT2D eigenvalue weighted by Crippen LogP contribution is 2.25. The summed E-state index contributed by atoms with van der Waals surface area (Å²) in [5.41, 5.74) is 3.74. The van der Waals surface area contributed by atoms with Crippen molar-refractivity contribution in [3.05, 3.63) is 93.5 Å². The van der Waals surface area contributed by atoms with Gasteiger partial charge in [0.2, 0.25) is 5.91 Å². The number of carbonyl (C=O) groups excluding carboxylic acids is 1. The first kappa shape index (κ1) is 24.5. The second-order valence-electron chi connectivity index (χ2n) is 8.35. The zero-order chi connectivity index (χ0) is 25.1. The Morgan fingerprint density at radius 2 is 1.89 bits per heavy atom. The lowest BCUT2D eigenvalue weighted by atomic mass is 10.1. The zero-order valence-electron chi connectivity index (χ0n) is 20.0. The molecule has 4 aromatic rings. The molecule has 0 aliphatic heterocycles. The van der Waals surface area contributed by atoms with Gasteiger partial charge in [-0.05, 0) is 60.9 Å². The largest absolute Gasteiger partial charge is 0.494 e. The van der Waals surface area contributed by atoms with Gasteiger partial charge in [0.1, 0.15) is 0 Å². The molecule has 1 amide bonds. The van der Waals surface area contributed by atoms with Crippen molar-refractivity contribution in [3.8, 4) is 11.4 Å². The number of thioether (sulfide) groups is 1. The minimum absolute atomic E-state index is 0.0742. The molecule has 6 nitrogen and oxygen atoms in total. The van der Waals surface area contributed by atoms with Crippen molar-refractivity contribution in [2.45, 2.75) is 25.5 Å². The summed E-state index contributed by atoms with van der Waals surface area (Å²) in [6.45, 7) is 4.16. The Kier molecular flexibility index (Phi) is 7.21. The number of methoxy groups -OCH3 is 1. The number of para-hydroxylation sites is 1. The van der Waals surface area contributed by atoms with Crippen molar-refractivity contribution in [2.75, 3.05) is 19.9 Å². The minimum atomic E-state index is -0.474. The van der Waals surface area contributed by atoms with E-state index in [2.05, 4.69) is 0 Å². The van der Waals surface area contributed by atoms with Crippen LogP contribution in [0.4, 0.5) is 4.39 Å². The third-order valence-corrected chi connectivity index (χ3v) is 6.66. The topological polar surface area (TPSA) is 64.4 Å². The summed E-state index contributed by atoms with van der Waals surface area (Å²) in [7, 11) is 3.07. The molecule has 35 heavy (non-hydrogen) atoms. The maximum absolute atomic E-state index is 14.0. The van der Waals surface area contributed by atoms with E-state index < -0.39 is 5.82 Å². The monoisotopic (exact) mass is 491 g/mol. The second kappa shape index (κ2) is 10.3. The van der Waals surface area contributed by atoms with Crippen LogP contribution >= 0.6 is 11.8 Å². The van der Waals surface area contributed by atoms with Gasteiger partial charge >= 0.3 is 0 Å². The molecule has 180 valence electrons. The molecular weight excluding hydrogens is 465 g/mol. The van der Waals surface area contributed by atoms with E-state index in [0.717, 1.165) is 16.8 Å². The summed E-state index contributed by atoms with van der Waals surface area (Å²) in [4.78, 5) is 32.6. The highest BCUT2D eigenvalue weighted by molar-refractivity contribution is 7.99. The average Bonchev–Trinajstić information content (AvgIpc) is 2.84. The third-order valence-electron chi connectivity index (χ3n) is 5.74. The molecule has 8 heteroatoms. The molecule has 0 atom stereocenters. The van der Waals surface area contributed by atoms with Crippen molar-refractivity contribution >= 4 is 28.6 Å². The first-order valence-electron chi connectivity index (χ1n) is 11.1. The molecule has 0 saturated heterocycles. The van der Waals surface area contributed by atoms with Crippen molar-refractivity contribution in [2.24, 2.45) is 0 Å². The van der Waals surface area contributed by atoms with Crippen LogP contribution in [-0.4, -0.2) is 40.3 Å². The number of hydrogen-bond donors (Lipinski definition) is 0. The molecule has 0 unspecified atom stereocenters. The van der Waals surface area contributed by atoms with Crippen LogP contribution in [0.1, 0.15) is 16.7 Å². The van der Waals surface area contributed by atoms with Crippen LogP contribution in [0.2, 0.25) is 0 Å². The van der Waals surface area contributed by atoms with Gasteiger partial charge in [-0.2, -0.15) is 0 Å². The molecule has 0 aliphatic carbocycles. The van der Waals surface area contributed by atoms with Gasteiger partial charge in [0.05, 0.1) is 29.5 Å². The standard InChI is InChI=1S/C27H26FN3O3S/c1-17-9-10-18(2)23(13-17)31-26(33)20-7-5-6-8-22(20)29-27(31)35-16-25(32)30(3)15-19-11-12-24(34-4)21(28)14-19/h5-14H,15-16H2,1-4H3. The Morgan fingerprint density at radius 3 is 2.63 bits per heavy atom. The number of fused-ring (bicyclic) bond motifs is 1. The minimum Gasteiger partial charge on any atom is -0.494 e. The van der Waals surface area contributed by atoms with Crippen LogP contribution in [0.15, 0.2) is 70.6 Å². The number of ether oxygens (including phenoxy) is 1. The number of nitrogens with zero attached hydrogens (tertiary/aromatic N) is 3. The molecule has 0 aliphatic rings. The predicted molar refractivity (Wildman–Crippen MR) is 137 cm³/mol. The summed E-state index contributed by atoms with van der Waals surface area (Å²) in [6.07, 6.45) is 0. The number of rotatable bonds is 7. The second-order valence-corrected chi connectivity index (χ2v) is 9.29. The van der Waals surface area contributed by atoms with Gasteiger partial charge in [0.15, 0.2) is 16.7 Å². The molecule has 0 spiro atoms. The SMILES string of the molecule is COc1ccc(CN(C)C(=O)CSc2nc3ccccc3c(=O)n2-c2cc(C)ccc2C)cc1F. The van der Waals surface area contributed by atoms with Crippen LogP contribution < -0.4 is 10.3 Å². The van der Waals surface area contributed by atoms with Crippen LogP contribution in [0, 0.1) is 19.7 Å². The fourth-order valence-corrected chi connectivity index (χ4v) is 4.73. The first-order valence-corrected chi connectivity index (χ1v) is 12.1. The van der Waals surface area contributed by atoms with Crippen LogP contribution in [0.3, 0.4) is 0 Å². The Labute approximate surface area is 207 Å². The molecule has 0 N–H and O–H groups in total. The van der Waals surface area contributed by atoms with E-state index >= 15 is 0 Å². The van der Waals surface area contributed by atoms with Gasteiger partial charge in [-0.3, -0.25) is 14.2 Å². The molecule has 1 heterocycles. The molecule has 0 radical (unpaired) electrons. The van der Waals surface area contributed by atoms with Crippen molar-refractivity contribution in [1.29, 1.82) is 0 Å². The van der Waals surface area contributed by atoms with E-state index in [1.165, 1.54) is 29.8 Å². The van der Waals surface area contributed by atoms with E-state index in [1.54, 1.807) is 35.9 Å². The first-order chi connectivity index (χ1) is 16.8. The highest BCUT2D eigenvalue weighted by Gasteiger charge is 2.18. The summed E-state index contributed by atoms with van der Waals surface area (Å²) in [5.74, 6) is -0.408. The Hall–Kier alpha value is -3.65. The Morgan fingerprint density at radius 1 is 1.11 bits per heavy atom. The van der Waals surface area contributed by atoms with E-state index in [0.29, 0.717) is 21.6 Å². The number of halogens is 1. The molecule has 3 aromatic carbocycles. The summed E-state index contributed by atoms with van der Waals surface area (Å²) in [5, 5.41) is 0.961. The maximum Gasteiger partial charge on any atom is 0.266 e. The number of aryl methyl sites for hydroxylation is 2. The smallest absolute Gasteiger partial charge is 0.266 e. The number of benzene rings is 3. The third kappa shape index (κ3) is 5.22. The number of hydrogen-bond acceptors (Lipinski definition) is 5. The van der Waals surface area contributed by atoms with Crippen LogP contribution in [0.5, 0.6) is 5.75 Å². The van der Waals surface area contributed by atoms with E-state index in [9.17, 15) is 14.0 Å². The number of amides is 1. The van der Waals surface area contributed by atoms with Gasteiger partial charge in [-0.15, -0.1) is 0 Å². The Balaban J connectivity index is 1.62. The Bertz CT molecular complexity index is 1470. The van der Waals surface area contributed by atoms with Gasteiger partial charge in [0.25, 0.3) is 5.56 Å². The zero-order valence-corrected chi connectivity index (χ0v) is 20.9. The molecule has 4 rings (SSSR count).